The number of nitro groups is 1. The predicted molar refractivity (Wildman–Crippen MR) is 67.2 cm³/mol. The summed E-state index contributed by atoms with van der Waals surface area (Å²) in [6, 6.07) is 1.82. The van der Waals surface area contributed by atoms with Crippen molar-refractivity contribution in [2.45, 2.75) is 25.3 Å². The molecule has 19 heavy (non-hydrogen) atoms. The minimum atomic E-state index is -0.894. The Hall–Kier alpha value is -2.18. The topological polar surface area (TPSA) is 89.5 Å². The number of halogens is 1. The van der Waals surface area contributed by atoms with Gasteiger partial charge in [-0.2, -0.15) is 0 Å². The van der Waals surface area contributed by atoms with E-state index < -0.39 is 22.3 Å². The van der Waals surface area contributed by atoms with Crippen LogP contribution in [0.1, 0.15) is 29.6 Å². The van der Waals surface area contributed by atoms with E-state index in [0.29, 0.717) is 6.07 Å². The first-order valence-corrected chi connectivity index (χ1v) is 5.92. The van der Waals surface area contributed by atoms with Gasteiger partial charge in [-0.05, 0) is 25.3 Å². The zero-order chi connectivity index (χ0) is 14.2. The number of carbonyl (C=O) groups is 1. The Balaban J connectivity index is 2.39. The van der Waals surface area contributed by atoms with Gasteiger partial charge in [0.15, 0.2) is 5.82 Å². The van der Waals surface area contributed by atoms with Gasteiger partial charge in [-0.1, -0.05) is 0 Å². The molecule has 1 aliphatic rings. The van der Waals surface area contributed by atoms with E-state index in [1.807, 2.05) is 0 Å². The highest BCUT2D eigenvalue weighted by atomic mass is 19.1. The molecule has 1 aliphatic carbocycles. The summed E-state index contributed by atoms with van der Waals surface area (Å²) in [6.07, 6.45) is 2.80. The van der Waals surface area contributed by atoms with E-state index in [0.717, 1.165) is 25.3 Å². The largest absolute Gasteiger partial charge is 0.396 e. The molecule has 0 unspecified atom stereocenters. The van der Waals surface area contributed by atoms with E-state index in [-0.39, 0.29) is 17.3 Å². The second-order valence-electron chi connectivity index (χ2n) is 4.65. The van der Waals surface area contributed by atoms with Gasteiger partial charge in [0.25, 0.3) is 11.6 Å². The minimum absolute atomic E-state index is 0.0957. The van der Waals surface area contributed by atoms with Crippen molar-refractivity contribution in [3.63, 3.8) is 0 Å². The molecule has 1 aromatic carbocycles. The molecule has 0 radical (unpaired) electrons. The van der Waals surface area contributed by atoms with Crippen molar-refractivity contribution in [1.82, 2.24) is 4.90 Å². The number of hydrogen-bond acceptors (Lipinski definition) is 4. The van der Waals surface area contributed by atoms with E-state index in [9.17, 15) is 19.3 Å². The van der Waals surface area contributed by atoms with Gasteiger partial charge in [-0.25, -0.2) is 4.39 Å². The first-order valence-electron chi connectivity index (χ1n) is 5.92. The molecule has 6 nitrogen and oxygen atoms in total. The second-order valence-corrected chi connectivity index (χ2v) is 4.65. The van der Waals surface area contributed by atoms with Crippen molar-refractivity contribution in [2.75, 3.05) is 12.8 Å². The SMILES string of the molecule is CN(C(=O)c1cc(N)c(F)cc1[N+](=O)[O-])C1CCC1. The molecule has 2 rings (SSSR count). The number of nitro benzene ring substituents is 1. The lowest BCUT2D eigenvalue weighted by molar-refractivity contribution is -0.385. The number of anilines is 1. The van der Waals surface area contributed by atoms with Crippen LogP contribution in [0, 0.1) is 15.9 Å². The maximum atomic E-state index is 13.3. The molecule has 1 fully saturated rings. The molecule has 0 bridgehead atoms. The van der Waals surface area contributed by atoms with E-state index in [1.54, 1.807) is 7.05 Å². The Morgan fingerprint density at radius 1 is 1.53 bits per heavy atom. The summed E-state index contributed by atoms with van der Waals surface area (Å²) in [5.74, 6) is -1.39. The highest BCUT2D eigenvalue weighted by Gasteiger charge is 2.31. The third-order valence-corrected chi connectivity index (χ3v) is 3.48. The fourth-order valence-corrected chi connectivity index (χ4v) is 2.03. The van der Waals surface area contributed by atoms with Crippen LogP contribution in [-0.2, 0) is 0 Å². The van der Waals surface area contributed by atoms with Gasteiger partial charge in [0, 0.05) is 13.1 Å². The summed E-state index contributed by atoms with van der Waals surface area (Å²) in [7, 11) is 1.59. The fraction of sp³-hybridized carbons (Fsp3) is 0.417. The van der Waals surface area contributed by atoms with Crippen LogP contribution in [0.2, 0.25) is 0 Å². The number of carbonyl (C=O) groups excluding carboxylic acids is 1. The Kier molecular flexibility index (Phi) is 3.37. The van der Waals surface area contributed by atoms with Crippen molar-refractivity contribution in [3.05, 3.63) is 33.6 Å². The molecule has 0 aliphatic heterocycles. The quantitative estimate of drug-likeness (QED) is 0.515. The number of amides is 1. The highest BCUT2D eigenvalue weighted by Crippen LogP contribution is 2.29. The molecule has 0 spiro atoms. The van der Waals surface area contributed by atoms with Crippen molar-refractivity contribution in [2.24, 2.45) is 0 Å². The lowest BCUT2D eigenvalue weighted by atomic mass is 9.91. The smallest absolute Gasteiger partial charge is 0.285 e. The number of hydrogen-bond donors (Lipinski definition) is 1. The molecular formula is C12H14FN3O3. The first-order chi connectivity index (χ1) is 8.91. The normalized spacial score (nSPS) is 14.8. The summed E-state index contributed by atoms with van der Waals surface area (Å²) >= 11 is 0. The van der Waals surface area contributed by atoms with Gasteiger partial charge in [0.1, 0.15) is 5.56 Å². The van der Waals surface area contributed by atoms with Crippen molar-refractivity contribution >= 4 is 17.3 Å². The Bertz CT molecular complexity index is 543. The van der Waals surface area contributed by atoms with Crippen LogP contribution in [0.4, 0.5) is 15.8 Å². The average Bonchev–Trinajstić information content (AvgIpc) is 2.28. The van der Waals surface area contributed by atoms with Gasteiger partial charge < -0.3 is 10.6 Å². The number of nitrogens with zero attached hydrogens (tertiary/aromatic N) is 2. The van der Waals surface area contributed by atoms with Crippen LogP contribution in [0.25, 0.3) is 0 Å². The molecule has 0 atom stereocenters. The summed E-state index contributed by atoms with van der Waals surface area (Å²) in [6.45, 7) is 0. The van der Waals surface area contributed by atoms with Gasteiger partial charge in [0.2, 0.25) is 0 Å². The average molecular weight is 267 g/mol. The molecule has 0 heterocycles. The van der Waals surface area contributed by atoms with Crippen LogP contribution in [0.5, 0.6) is 0 Å². The van der Waals surface area contributed by atoms with Gasteiger partial charge in [-0.15, -0.1) is 0 Å². The first kappa shape index (κ1) is 13.3. The van der Waals surface area contributed by atoms with E-state index in [1.165, 1.54) is 4.90 Å². The summed E-state index contributed by atoms with van der Waals surface area (Å²) in [5.41, 5.74) is 4.39. The third kappa shape index (κ3) is 2.35. The number of rotatable bonds is 3. The van der Waals surface area contributed by atoms with Gasteiger partial charge >= 0.3 is 0 Å². The molecule has 0 aromatic heterocycles. The van der Waals surface area contributed by atoms with Crippen LogP contribution in [0.15, 0.2) is 12.1 Å². The predicted octanol–water partition coefficient (Wildman–Crippen LogP) is 1.94. The minimum Gasteiger partial charge on any atom is -0.396 e. The zero-order valence-electron chi connectivity index (χ0n) is 10.4. The van der Waals surface area contributed by atoms with Crippen molar-refractivity contribution in [1.29, 1.82) is 0 Å². The number of nitrogens with two attached hydrogens (primary N) is 1. The molecule has 1 amide bonds. The summed E-state index contributed by atoms with van der Waals surface area (Å²) < 4.78 is 13.3. The number of benzene rings is 1. The number of nitrogen functional groups attached to an aromatic ring is 1. The van der Waals surface area contributed by atoms with E-state index in [2.05, 4.69) is 0 Å². The Morgan fingerprint density at radius 2 is 2.16 bits per heavy atom. The Morgan fingerprint density at radius 3 is 2.63 bits per heavy atom. The third-order valence-electron chi connectivity index (χ3n) is 3.48. The molecule has 102 valence electrons. The Labute approximate surface area is 109 Å². The van der Waals surface area contributed by atoms with Crippen molar-refractivity contribution < 1.29 is 14.1 Å². The highest BCUT2D eigenvalue weighted by molar-refractivity contribution is 5.99. The summed E-state index contributed by atoms with van der Waals surface area (Å²) in [4.78, 5) is 23.8. The molecule has 0 saturated heterocycles. The molecular weight excluding hydrogens is 253 g/mol. The summed E-state index contributed by atoms with van der Waals surface area (Å²) in [5, 5.41) is 10.9. The standard InChI is InChI=1S/C12H14FN3O3/c1-15(7-3-2-4-7)12(17)8-5-10(14)9(13)6-11(8)16(18)19/h5-7H,2-4,14H2,1H3. The van der Waals surface area contributed by atoms with Crippen LogP contribution in [0.3, 0.4) is 0 Å². The molecule has 7 heteroatoms. The van der Waals surface area contributed by atoms with E-state index in [4.69, 9.17) is 5.73 Å². The van der Waals surface area contributed by atoms with Crippen LogP contribution >= 0.6 is 0 Å². The molecule has 1 aromatic rings. The van der Waals surface area contributed by atoms with Crippen LogP contribution < -0.4 is 5.73 Å². The van der Waals surface area contributed by atoms with Crippen molar-refractivity contribution in [3.8, 4) is 0 Å². The van der Waals surface area contributed by atoms with E-state index >= 15 is 0 Å². The maximum Gasteiger partial charge on any atom is 0.285 e. The van der Waals surface area contributed by atoms with Crippen LogP contribution in [-0.4, -0.2) is 28.8 Å². The monoisotopic (exact) mass is 267 g/mol. The lowest BCUT2D eigenvalue weighted by Gasteiger charge is -2.34. The second kappa shape index (κ2) is 4.83. The molecule has 1 saturated carbocycles. The fourth-order valence-electron chi connectivity index (χ4n) is 2.03. The van der Waals surface area contributed by atoms with Gasteiger partial charge in [-0.3, -0.25) is 14.9 Å². The van der Waals surface area contributed by atoms with Gasteiger partial charge in [0.05, 0.1) is 16.7 Å². The zero-order valence-corrected chi connectivity index (χ0v) is 10.4. The lowest BCUT2D eigenvalue weighted by Crippen LogP contribution is -2.41. The molecule has 2 N–H and O–H groups in total. The maximum absolute atomic E-state index is 13.3.